The molecule has 0 aliphatic carbocycles. The van der Waals surface area contributed by atoms with Crippen LogP contribution in [0.15, 0.2) is 87.9 Å². The van der Waals surface area contributed by atoms with E-state index in [1.165, 1.54) is 0 Å². The maximum absolute atomic E-state index is 5.81. The van der Waals surface area contributed by atoms with Crippen LogP contribution in [0.4, 0.5) is 0 Å². The van der Waals surface area contributed by atoms with Crippen LogP contribution in [0.25, 0.3) is 44.4 Å². The Balaban J connectivity index is 1.91. The summed E-state index contributed by atoms with van der Waals surface area (Å²) in [7, 11) is 0. The van der Waals surface area contributed by atoms with Crippen molar-refractivity contribution in [3.63, 3.8) is 0 Å². The summed E-state index contributed by atoms with van der Waals surface area (Å²) in [6, 6.07) is 26.3. The molecular weight excluding hydrogens is 388 g/mol. The number of benzene rings is 3. The first-order chi connectivity index (χ1) is 12.8. The quantitative estimate of drug-likeness (QED) is 0.340. The fourth-order valence-corrected chi connectivity index (χ4v) is 3.51. The van der Waals surface area contributed by atoms with Crippen molar-refractivity contribution in [2.75, 3.05) is 0 Å². The highest BCUT2D eigenvalue weighted by molar-refractivity contribution is 9.10. The van der Waals surface area contributed by atoms with Crippen molar-refractivity contribution in [2.24, 2.45) is 0 Å². The largest absolute Gasteiger partial charge is 0.355 e. The fourth-order valence-electron chi connectivity index (χ4n) is 3.24. The summed E-state index contributed by atoms with van der Waals surface area (Å²) in [5.41, 5.74) is 4.66. The summed E-state index contributed by atoms with van der Waals surface area (Å²) >= 11 is 3.48. The molecule has 0 radical (unpaired) electrons. The predicted octanol–water partition coefficient (Wildman–Crippen LogP) is 6.47. The second-order valence-electron chi connectivity index (χ2n) is 6.09. The molecule has 2 heterocycles. The lowest BCUT2D eigenvalue weighted by atomic mass is 10.0. The maximum Gasteiger partial charge on any atom is 0.176 e. The second-order valence-corrected chi connectivity index (χ2v) is 7.00. The van der Waals surface area contributed by atoms with Gasteiger partial charge in [0.05, 0.1) is 16.6 Å². The Labute approximate surface area is 158 Å². The Kier molecular flexibility index (Phi) is 3.57. The van der Waals surface area contributed by atoms with Gasteiger partial charge in [0, 0.05) is 21.0 Å². The number of pyridine rings is 1. The highest BCUT2D eigenvalue weighted by Crippen LogP contribution is 2.38. The average Bonchev–Trinajstić information content (AvgIpc) is 3.14. The maximum atomic E-state index is 5.81. The summed E-state index contributed by atoms with van der Waals surface area (Å²) in [6.45, 7) is 0. The summed E-state index contributed by atoms with van der Waals surface area (Å²) in [4.78, 5) is 4.94. The van der Waals surface area contributed by atoms with Crippen LogP contribution in [0.2, 0.25) is 0 Å². The molecule has 0 bridgehead atoms. The fraction of sp³-hybridized carbons (Fsp3) is 0. The van der Waals surface area contributed by atoms with Crippen LogP contribution in [0.1, 0.15) is 0 Å². The number of halogens is 1. The zero-order valence-corrected chi connectivity index (χ0v) is 15.3. The Morgan fingerprint density at radius 3 is 2.27 bits per heavy atom. The van der Waals surface area contributed by atoms with E-state index < -0.39 is 0 Å². The highest BCUT2D eigenvalue weighted by atomic mass is 79.9. The van der Waals surface area contributed by atoms with E-state index in [0.717, 1.165) is 48.9 Å². The number of aromatic nitrogens is 2. The number of hydrogen-bond donors (Lipinski definition) is 0. The molecule has 0 aliphatic heterocycles. The topological polar surface area (TPSA) is 38.9 Å². The van der Waals surface area contributed by atoms with Gasteiger partial charge in [0.2, 0.25) is 0 Å². The molecule has 2 aromatic heterocycles. The van der Waals surface area contributed by atoms with Crippen molar-refractivity contribution in [3.8, 4) is 22.6 Å². The lowest BCUT2D eigenvalue weighted by molar-refractivity contribution is 0.441. The normalized spacial score (nSPS) is 11.3. The SMILES string of the molecule is Brc1ccc(-c2onc3c2c(-c2ccccc2)nc2ccccc23)cc1. The van der Waals surface area contributed by atoms with Crippen LogP contribution in [-0.2, 0) is 0 Å². The number of fused-ring (bicyclic) bond motifs is 3. The minimum absolute atomic E-state index is 0.740. The van der Waals surface area contributed by atoms with Crippen molar-refractivity contribution >= 4 is 37.7 Å². The Morgan fingerprint density at radius 1 is 0.731 bits per heavy atom. The van der Waals surface area contributed by atoms with Gasteiger partial charge in [0.1, 0.15) is 5.52 Å². The van der Waals surface area contributed by atoms with E-state index in [4.69, 9.17) is 9.51 Å². The monoisotopic (exact) mass is 400 g/mol. The number of hydrogen-bond acceptors (Lipinski definition) is 3. The molecule has 0 saturated heterocycles. The molecular formula is C22H13BrN2O. The lowest BCUT2D eigenvalue weighted by Crippen LogP contribution is -1.89. The molecule has 3 nitrogen and oxygen atoms in total. The third-order valence-corrected chi connectivity index (χ3v) is 5.00. The Morgan fingerprint density at radius 2 is 1.46 bits per heavy atom. The van der Waals surface area contributed by atoms with E-state index in [0.29, 0.717) is 0 Å². The molecule has 0 aliphatic rings. The molecule has 0 fully saturated rings. The van der Waals surface area contributed by atoms with Gasteiger partial charge in [-0.3, -0.25) is 0 Å². The molecule has 26 heavy (non-hydrogen) atoms. The van der Waals surface area contributed by atoms with Gasteiger partial charge in [-0.15, -0.1) is 0 Å². The Hall–Kier alpha value is -2.98. The standard InChI is InChI=1S/C22H13BrN2O/c23-16-12-10-15(11-13-16)22-19-20(14-6-2-1-3-7-14)24-18-9-5-4-8-17(18)21(19)25-26-22/h1-13H. The lowest BCUT2D eigenvalue weighted by Gasteiger charge is -2.07. The van der Waals surface area contributed by atoms with E-state index in [1.807, 2.05) is 66.7 Å². The Bertz CT molecular complexity index is 1230. The van der Waals surface area contributed by atoms with Crippen LogP contribution >= 0.6 is 15.9 Å². The van der Waals surface area contributed by atoms with Crippen LogP contribution in [0.5, 0.6) is 0 Å². The zero-order valence-electron chi connectivity index (χ0n) is 13.7. The first-order valence-electron chi connectivity index (χ1n) is 8.31. The van der Waals surface area contributed by atoms with Gasteiger partial charge in [0.25, 0.3) is 0 Å². The number of nitrogens with zero attached hydrogens (tertiary/aromatic N) is 2. The number of para-hydroxylation sites is 1. The van der Waals surface area contributed by atoms with Gasteiger partial charge in [-0.1, -0.05) is 69.6 Å². The first kappa shape index (κ1) is 15.3. The van der Waals surface area contributed by atoms with Crippen molar-refractivity contribution in [1.29, 1.82) is 0 Å². The van der Waals surface area contributed by atoms with Gasteiger partial charge < -0.3 is 4.52 Å². The van der Waals surface area contributed by atoms with Crippen molar-refractivity contribution in [2.45, 2.75) is 0 Å². The van der Waals surface area contributed by atoms with E-state index >= 15 is 0 Å². The minimum atomic E-state index is 0.740. The molecule has 0 saturated carbocycles. The van der Waals surface area contributed by atoms with Crippen molar-refractivity contribution in [1.82, 2.24) is 10.1 Å². The highest BCUT2D eigenvalue weighted by Gasteiger charge is 2.19. The minimum Gasteiger partial charge on any atom is -0.355 e. The average molecular weight is 401 g/mol. The molecule has 4 heteroatoms. The predicted molar refractivity (Wildman–Crippen MR) is 108 cm³/mol. The molecule has 5 aromatic rings. The summed E-state index contributed by atoms with van der Waals surface area (Å²) in [5, 5.41) is 6.34. The van der Waals surface area contributed by atoms with Crippen LogP contribution in [-0.4, -0.2) is 10.1 Å². The summed E-state index contributed by atoms with van der Waals surface area (Å²) in [6.07, 6.45) is 0. The van der Waals surface area contributed by atoms with Gasteiger partial charge in [-0.25, -0.2) is 4.98 Å². The molecule has 0 spiro atoms. The van der Waals surface area contributed by atoms with E-state index in [-0.39, 0.29) is 0 Å². The first-order valence-corrected chi connectivity index (χ1v) is 9.10. The molecule has 0 unspecified atom stereocenters. The molecule has 124 valence electrons. The van der Waals surface area contributed by atoms with Crippen molar-refractivity contribution < 1.29 is 4.52 Å². The third-order valence-electron chi connectivity index (χ3n) is 4.47. The van der Waals surface area contributed by atoms with Gasteiger partial charge in [-0.05, 0) is 30.3 Å². The molecule has 0 amide bonds. The summed E-state index contributed by atoms with van der Waals surface area (Å²) < 4.78 is 6.83. The van der Waals surface area contributed by atoms with Gasteiger partial charge >= 0.3 is 0 Å². The van der Waals surface area contributed by atoms with E-state index in [9.17, 15) is 0 Å². The molecule has 5 rings (SSSR count). The van der Waals surface area contributed by atoms with Crippen LogP contribution in [0, 0.1) is 0 Å². The van der Waals surface area contributed by atoms with Crippen LogP contribution in [0.3, 0.4) is 0 Å². The summed E-state index contributed by atoms with van der Waals surface area (Å²) in [5.74, 6) is 0.740. The van der Waals surface area contributed by atoms with Crippen LogP contribution < -0.4 is 0 Å². The van der Waals surface area contributed by atoms with E-state index in [2.05, 4.69) is 33.2 Å². The molecule has 0 N–H and O–H groups in total. The second kappa shape index (κ2) is 6.07. The molecule has 3 aromatic carbocycles. The van der Waals surface area contributed by atoms with Gasteiger partial charge in [0.15, 0.2) is 5.76 Å². The smallest absolute Gasteiger partial charge is 0.176 e. The molecule has 0 atom stereocenters. The van der Waals surface area contributed by atoms with Crippen molar-refractivity contribution in [3.05, 3.63) is 83.3 Å². The number of rotatable bonds is 2. The van der Waals surface area contributed by atoms with E-state index in [1.54, 1.807) is 0 Å². The third kappa shape index (κ3) is 2.42. The van der Waals surface area contributed by atoms with Gasteiger partial charge in [-0.2, -0.15) is 0 Å². The zero-order chi connectivity index (χ0) is 17.5.